The topological polar surface area (TPSA) is 41.6 Å². The summed E-state index contributed by atoms with van der Waals surface area (Å²) in [7, 11) is 1.66. The summed E-state index contributed by atoms with van der Waals surface area (Å²) in [5.41, 5.74) is 0.403. The van der Waals surface area contributed by atoms with Crippen molar-refractivity contribution in [2.45, 2.75) is 26.7 Å². The third kappa shape index (κ3) is 4.49. The number of nitrogens with zero attached hydrogens (tertiary/aromatic N) is 1. The van der Waals surface area contributed by atoms with Crippen LogP contribution in [-0.2, 0) is 9.53 Å². The van der Waals surface area contributed by atoms with Gasteiger partial charge in [-0.15, -0.1) is 0 Å². The Morgan fingerprint density at radius 3 is 2.56 bits per heavy atom. The van der Waals surface area contributed by atoms with Gasteiger partial charge in [0.2, 0.25) is 5.91 Å². The minimum atomic E-state index is 0.214. The largest absolute Gasteiger partial charge is 0.383 e. The monoisotopic (exact) mass is 228 g/mol. The lowest BCUT2D eigenvalue weighted by Crippen LogP contribution is -2.45. The molecule has 0 aliphatic carbocycles. The van der Waals surface area contributed by atoms with E-state index >= 15 is 0 Å². The number of carbonyl (C=O) groups excluding carboxylic acids is 1. The molecule has 0 atom stereocenters. The van der Waals surface area contributed by atoms with Gasteiger partial charge < -0.3 is 15.0 Å². The van der Waals surface area contributed by atoms with Crippen LogP contribution in [0.1, 0.15) is 26.7 Å². The number of amides is 1. The van der Waals surface area contributed by atoms with Crippen LogP contribution in [0.5, 0.6) is 0 Å². The fourth-order valence-electron chi connectivity index (χ4n) is 1.84. The molecule has 1 heterocycles. The summed E-state index contributed by atoms with van der Waals surface area (Å²) in [5, 5.41) is 3.09. The molecule has 0 aromatic rings. The van der Waals surface area contributed by atoms with Crippen molar-refractivity contribution in [1.29, 1.82) is 0 Å². The van der Waals surface area contributed by atoms with Crippen LogP contribution in [0, 0.1) is 5.41 Å². The molecular formula is C12H24N2O2. The number of piperidine rings is 1. The molecule has 1 aliphatic heterocycles. The second-order valence-corrected chi connectivity index (χ2v) is 5.21. The lowest BCUT2D eigenvalue weighted by molar-refractivity contribution is -0.132. The molecule has 1 amide bonds. The Kier molecular flexibility index (Phi) is 5.22. The normalized spacial score (nSPS) is 19.8. The number of carbonyl (C=O) groups is 1. The lowest BCUT2D eigenvalue weighted by Gasteiger charge is -2.37. The molecular weight excluding hydrogens is 204 g/mol. The fourth-order valence-corrected chi connectivity index (χ4v) is 1.84. The first-order valence-electron chi connectivity index (χ1n) is 6.02. The van der Waals surface area contributed by atoms with Gasteiger partial charge in [0.25, 0.3) is 0 Å². The third-order valence-corrected chi connectivity index (χ3v) is 3.23. The standard InChI is InChI=1S/C12H24N2O2/c1-12(2)4-7-14(8-5-12)11(15)10-13-6-9-16-3/h13H,4-10H2,1-3H3. The van der Waals surface area contributed by atoms with E-state index in [0.717, 1.165) is 32.5 Å². The maximum atomic E-state index is 11.8. The molecule has 0 spiro atoms. The number of rotatable bonds is 5. The van der Waals surface area contributed by atoms with Crippen LogP contribution in [0.4, 0.5) is 0 Å². The minimum absolute atomic E-state index is 0.214. The number of likely N-dealkylation sites (tertiary alicyclic amines) is 1. The van der Waals surface area contributed by atoms with Crippen molar-refractivity contribution in [1.82, 2.24) is 10.2 Å². The smallest absolute Gasteiger partial charge is 0.236 e. The van der Waals surface area contributed by atoms with Gasteiger partial charge in [-0.05, 0) is 18.3 Å². The molecule has 0 radical (unpaired) electrons. The van der Waals surface area contributed by atoms with E-state index in [1.807, 2.05) is 4.90 Å². The summed E-state index contributed by atoms with van der Waals surface area (Å²) >= 11 is 0. The first-order chi connectivity index (χ1) is 7.55. The molecule has 1 rings (SSSR count). The van der Waals surface area contributed by atoms with Gasteiger partial charge >= 0.3 is 0 Å². The summed E-state index contributed by atoms with van der Waals surface area (Å²) in [5.74, 6) is 0.214. The summed E-state index contributed by atoms with van der Waals surface area (Å²) in [6.07, 6.45) is 2.22. The Morgan fingerprint density at radius 2 is 2.00 bits per heavy atom. The Bertz CT molecular complexity index is 219. The van der Waals surface area contributed by atoms with E-state index in [1.54, 1.807) is 7.11 Å². The molecule has 1 saturated heterocycles. The summed E-state index contributed by atoms with van der Waals surface area (Å²) < 4.78 is 4.91. The summed E-state index contributed by atoms with van der Waals surface area (Å²) in [6.45, 7) is 8.17. The van der Waals surface area contributed by atoms with Crippen LogP contribution in [0.15, 0.2) is 0 Å². The van der Waals surface area contributed by atoms with Gasteiger partial charge in [0.1, 0.15) is 0 Å². The summed E-state index contributed by atoms with van der Waals surface area (Å²) in [6, 6.07) is 0. The second kappa shape index (κ2) is 6.21. The van der Waals surface area contributed by atoms with E-state index in [4.69, 9.17) is 4.74 Å². The van der Waals surface area contributed by atoms with Crippen LogP contribution < -0.4 is 5.32 Å². The average Bonchev–Trinajstić information content (AvgIpc) is 2.24. The Labute approximate surface area is 98.3 Å². The third-order valence-electron chi connectivity index (χ3n) is 3.23. The lowest BCUT2D eigenvalue weighted by atomic mass is 9.83. The Morgan fingerprint density at radius 1 is 1.38 bits per heavy atom. The molecule has 0 bridgehead atoms. The van der Waals surface area contributed by atoms with Gasteiger partial charge in [-0.2, -0.15) is 0 Å². The van der Waals surface area contributed by atoms with Crippen molar-refractivity contribution in [3.8, 4) is 0 Å². The van der Waals surface area contributed by atoms with Gasteiger partial charge in [-0.3, -0.25) is 4.79 Å². The molecule has 1 fully saturated rings. The minimum Gasteiger partial charge on any atom is -0.383 e. The zero-order valence-electron chi connectivity index (χ0n) is 10.7. The highest BCUT2D eigenvalue weighted by Gasteiger charge is 2.27. The van der Waals surface area contributed by atoms with Crippen molar-refractivity contribution in [3.05, 3.63) is 0 Å². The highest BCUT2D eigenvalue weighted by Crippen LogP contribution is 2.29. The van der Waals surface area contributed by atoms with E-state index in [2.05, 4.69) is 19.2 Å². The zero-order valence-corrected chi connectivity index (χ0v) is 10.7. The maximum absolute atomic E-state index is 11.8. The molecule has 94 valence electrons. The van der Waals surface area contributed by atoms with Gasteiger partial charge in [0.05, 0.1) is 13.2 Å². The van der Waals surface area contributed by atoms with Crippen LogP contribution >= 0.6 is 0 Å². The molecule has 1 aliphatic rings. The number of ether oxygens (including phenoxy) is 1. The molecule has 4 heteroatoms. The SMILES string of the molecule is COCCNCC(=O)N1CCC(C)(C)CC1. The van der Waals surface area contributed by atoms with E-state index in [9.17, 15) is 4.79 Å². The molecule has 4 nitrogen and oxygen atoms in total. The fraction of sp³-hybridized carbons (Fsp3) is 0.917. The quantitative estimate of drug-likeness (QED) is 0.710. The Hall–Kier alpha value is -0.610. The summed E-state index contributed by atoms with van der Waals surface area (Å²) in [4.78, 5) is 13.8. The predicted molar refractivity (Wildman–Crippen MR) is 64.3 cm³/mol. The number of hydrogen-bond acceptors (Lipinski definition) is 3. The predicted octanol–water partition coefficient (Wildman–Crippen LogP) is 0.871. The van der Waals surface area contributed by atoms with Crippen LogP contribution in [0.2, 0.25) is 0 Å². The highest BCUT2D eigenvalue weighted by molar-refractivity contribution is 5.78. The molecule has 0 saturated carbocycles. The van der Waals surface area contributed by atoms with Crippen molar-refractivity contribution in [2.24, 2.45) is 5.41 Å². The van der Waals surface area contributed by atoms with E-state index in [-0.39, 0.29) is 5.91 Å². The van der Waals surface area contributed by atoms with Crippen molar-refractivity contribution in [2.75, 3.05) is 39.9 Å². The number of hydrogen-bond donors (Lipinski definition) is 1. The molecule has 0 aromatic carbocycles. The van der Waals surface area contributed by atoms with E-state index < -0.39 is 0 Å². The first-order valence-corrected chi connectivity index (χ1v) is 6.02. The Balaban J connectivity index is 2.18. The van der Waals surface area contributed by atoms with E-state index in [1.165, 1.54) is 0 Å². The average molecular weight is 228 g/mol. The van der Waals surface area contributed by atoms with Gasteiger partial charge in [-0.25, -0.2) is 0 Å². The van der Waals surface area contributed by atoms with Gasteiger partial charge in [-0.1, -0.05) is 13.8 Å². The molecule has 0 aromatic heterocycles. The maximum Gasteiger partial charge on any atom is 0.236 e. The first kappa shape index (κ1) is 13.5. The van der Waals surface area contributed by atoms with E-state index in [0.29, 0.717) is 18.6 Å². The number of methoxy groups -OCH3 is 1. The van der Waals surface area contributed by atoms with Gasteiger partial charge in [0, 0.05) is 26.7 Å². The van der Waals surface area contributed by atoms with Gasteiger partial charge in [0.15, 0.2) is 0 Å². The van der Waals surface area contributed by atoms with Crippen LogP contribution in [-0.4, -0.2) is 50.7 Å². The van der Waals surface area contributed by atoms with Crippen molar-refractivity contribution in [3.63, 3.8) is 0 Å². The molecule has 0 unspecified atom stereocenters. The van der Waals surface area contributed by atoms with Crippen LogP contribution in [0.25, 0.3) is 0 Å². The second-order valence-electron chi connectivity index (χ2n) is 5.21. The van der Waals surface area contributed by atoms with Crippen molar-refractivity contribution >= 4 is 5.91 Å². The molecule has 16 heavy (non-hydrogen) atoms. The van der Waals surface area contributed by atoms with Crippen molar-refractivity contribution < 1.29 is 9.53 Å². The van der Waals surface area contributed by atoms with Crippen LogP contribution in [0.3, 0.4) is 0 Å². The highest BCUT2D eigenvalue weighted by atomic mass is 16.5. The molecule has 1 N–H and O–H groups in total. The zero-order chi connectivity index (χ0) is 12.0. The number of nitrogens with one attached hydrogen (secondary N) is 1.